The molecule has 0 radical (unpaired) electrons. The predicted molar refractivity (Wildman–Crippen MR) is 105 cm³/mol. The van der Waals surface area contributed by atoms with Gasteiger partial charge in [-0.2, -0.15) is 0 Å². The van der Waals surface area contributed by atoms with Crippen molar-refractivity contribution < 1.29 is 17.9 Å². The van der Waals surface area contributed by atoms with Crippen molar-refractivity contribution in [1.29, 1.82) is 0 Å². The van der Waals surface area contributed by atoms with Crippen LogP contribution >= 0.6 is 0 Å². The van der Waals surface area contributed by atoms with Crippen LogP contribution in [0, 0.1) is 6.92 Å². The van der Waals surface area contributed by atoms with Crippen LogP contribution in [0.25, 0.3) is 10.9 Å². The summed E-state index contributed by atoms with van der Waals surface area (Å²) in [6.45, 7) is 3.43. The van der Waals surface area contributed by atoms with Crippen molar-refractivity contribution in [3.8, 4) is 0 Å². The smallest absolute Gasteiger partial charge is 0.307 e. The van der Waals surface area contributed by atoms with E-state index in [1.807, 2.05) is 6.92 Å². The number of hydrogen-bond acceptors (Lipinski definition) is 6. The van der Waals surface area contributed by atoms with E-state index in [1.54, 1.807) is 43.3 Å². The molecule has 28 heavy (non-hydrogen) atoms. The fourth-order valence-corrected chi connectivity index (χ4v) is 3.91. The molecule has 0 spiro atoms. The Labute approximate surface area is 162 Å². The molecular weight excluding hydrogens is 380 g/mol. The number of carbonyl (C=O) groups excluding carboxylic acids is 1. The van der Waals surface area contributed by atoms with Crippen LogP contribution in [0.4, 0.5) is 0 Å². The third-order valence-electron chi connectivity index (χ3n) is 4.28. The Morgan fingerprint density at radius 2 is 1.82 bits per heavy atom. The Balaban J connectivity index is 1.66. The van der Waals surface area contributed by atoms with Crippen molar-refractivity contribution in [3.05, 3.63) is 70.3 Å². The maximum absolute atomic E-state index is 12.3. The lowest BCUT2D eigenvalue weighted by Gasteiger charge is -2.13. The van der Waals surface area contributed by atoms with Crippen LogP contribution in [0.5, 0.6) is 0 Å². The van der Waals surface area contributed by atoms with Crippen LogP contribution in [-0.4, -0.2) is 30.1 Å². The van der Waals surface area contributed by atoms with Gasteiger partial charge in [-0.1, -0.05) is 29.8 Å². The molecule has 7 nitrogen and oxygen atoms in total. The van der Waals surface area contributed by atoms with Gasteiger partial charge in [-0.25, -0.2) is 13.4 Å². The number of sulfone groups is 1. The molecule has 1 heterocycles. The standard InChI is InChI=1S/C20H20N2O5S/c1-13-7-9-15(10-8-13)28(25,26)12-11-18(23)27-14(2)19-21-17-6-4-3-5-16(17)20(24)22-19/h3-10,14H,11-12H2,1-2H3,(H,21,22,24). The van der Waals surface area contributed by atoms with Gasteiger partial charge in [0.05, 0.1) is 28.0 Å². The van der Waals surface area contributed by atoms with Gasteiger partial charge >= 0.3 is 5.97 Å². The Bertz CT molecular complexity index is 1170. The molecule has 0 saturated heterocycles. The average molecular weight is 400 g/mol. The number of H-pyrrole nitrogens is 1. The molecule has 0 aliphatic carbocycles. The predicted octanol–water partition coefficient (Wildman–Crippen LogP) is 2.70. The van der Waals surface area contributed by atoms with E-state index in [1.165, 1.54) is 12.1 Å². The van der Waals surface area contributed by atoms with Crippen LogP contribution in [0.2, 0.25) is 0 Å². The summed E-state index contributed by atoms with van der Waals surface area (Å²) in [7, 11) is -3.58. The number of esters is 1. The van der Waals surface area contributed by atoms with Gasteiger partial charge in [0.1, 0.15) is 0 Å². The monoisotopic (exact) mass is 400 g/mol. The van der Waals surface area contributed by atoms with Crippen LogP contribution in [0.3, 0.4) is 0 Å². The second-order valence-corrected chi connectivity index (χ2v) is 8.59. The first kappa shape index (κ1) is 19.8. The largest absolute Gasteiger partial charge is 0.454 e. The van der Waals surface area contributed by atoms with Gasteiger partial charge in [-0.05, 0) is 38.1 Å². The molecular formula is C20H20N2O5S. The third-order valence-corrected chi connectivity index (χ3v) is 6.01. The molecule has 3 aromatic rings. The zero-order valence-corrected chi connectivity index (χ0v) is 16.3. The van der Waals surface area contributed by atoms with Gasteiger partial charge in [0.2, 0.25) is 0 Å². The number of ether oxygens (including phenoxy) is 1. The molecule has 1 atom stereocenters. The van der Waals surface area contributed by atoms with Gasteiger partial charge in [0, 0.05) is 0 Å². The van der Waals surface area contributed by atoms with Gasteiger partial charge in [-0.3, -0.25) is 9.59 Å². The van der Waals surface area contributed by atoms with Gasteiger partial charge in [0.25, 0.3) is 5.56 Å². The molecule has 0 saturated carbocycles. The zero-order chi connectivity index (χ0) is 20.3. The third kappa shape index (κ3) is 4.45. The summed E-state index contributed by atoms with van der Waals surface area (Å²) in [4.78, 5) is 31.3. The Morgan fingerprint density at radius 3 is 2.54 bits per heavy atom. The number of nitrogens with one attached hydrogen (secondary N) is 1. The summed E-state index contributed by atoms with van der Waals surface area (Å²) in [5.41, 5.74) is 1.11. The number of hydrogen-bond donors (Lipinski definition) is 1. The first-order valence-corrected chi connectivity index (χ1v) is 10.4. The Kier molecular flexibility index (Phi) is 5.60. The normalized spacial score (nSPS) is 12.6. The zero-order valence-electron chi connectivity index (χ0n) is 15.5. The summed E-state index contributed by atoms with van der Waals surface area (Å²) in [5, 5.41) is 0.439. The fraction of sp³-hybridized carbons (Fsp3) is 0.250. The van der Waals surface area contributed by atoms with Crippen LogP contribution in [-0.2, 0) is 19.4 Å². The summed E-state index contributed by atoms with van der Waals surface area (Å²) in [6, 6.07) is 13.3. The minimum absolute atomic E-state index is 0.166. The number of nitrogens with zero attached hydrogens (tertiary/aromatic N) is 1. The number of carbonyl (C=O) groups is 1. The first-order valence-electron chi connectivity index (χ1n) is 8.74. The summed E-state index contributed by atoms with van der Waals surface area (Å²) in [5.74, 6) is -0.832. The highest BCUT2D eigenvalue weighted by atomic mass is 32.2. The summed E-state index contributed by atoms with van der Waals surface area (Å²) < 4.78 is 29.9. The summed E-state index contributed by atoms with van der Waals surface area (Å²) in [6.07, 6.45) is -1.11. The molecule has 2 aromatic carbocycles. The van der Waals surface area contributed by atoms with Gasteiger partial charge in [0.15, 0.2) is 21.8 Å². The van der Waals surface area contributed by atoms with E-state index in [2.05, 4.69) is 9.97 Å². The molecule has 0 fully saturated rings. The van der Waals surface area contributed by atoms with E-state index < -0.39 is 21.9 Å². The second-order valence-electron chi connectivity index (χ2n) is 6.48. The van der Waals surface area contributed by atoms with Crippen molar-refractivity contribution in [2.45, 2.75) is 31.3 Å². The van der Waals surface area contributed by atoms with Crippen LogP contribution in [0.15, 0.2) is 58.2 Å². The average Bonchev–Trinajstić information content (AvgIpc) is 2.67. The molecule has 146 valence electrons. The van der Waals surface area contributed by atoms with E-state index >= 15 is 0 Å². The summed E-state index contributed by atoms with van der Waals surface area (Å²) >= 11 is 0. The minimum Gasteiger partial charge on any atom is -0.454 e. The molecule has 8 heteroatoms. The van der Waals surface area contributed by atoms with E-state index in [-0.39, 0.29) is 28.5 Å². The first-order chi connectivity index (χ1) is 13.3. The molecule has 0 aliphatic rings. The number of rotatable bonds is 6. The van der Waals surface area contributed by atoms with Gasteiger partial charge in [-0.15, -0.1) is 0 Å². The molecule has 1 N–H and O–H groups in total. The molecule has 0 bridgehead atoms. The molecule has 3 rings (SSSR count). The fourth-order valence-electron chi connectivity index (χ4n) is 2.69. The number of aromatic amines is 1. The van der Waals surface area contributed by atoms with Crippen LogP contribution in [0.1, 0.15) is 30.8 Å². The highest BCUT2D eigenvalue weighted by Gasteiger charge is 2.20. The van der Waals surface area contributed by atoms with Crippen LogP contribution < -0.4 is 5.56 Å². The number of aromatic nitrogens is 2. The quantitative estimate of drug-likeness (QED) is 0.638. The SMILES string of the molecule is Cc1ccc(S(=O)(=O)CCC(=O)OC(C)c2nc3ccccc3c(=O)[nH]2)cc1. The number of para-hydroxylation sites is 1. The lowest BCUT2D eigenvalue weighted by molar-refractivity contribution is -0.148. The highest BCUT2D eigenvalue weighted by molar-refractivity contribution is 7.91. The molecule has 0 aliphatic heterocycles. The van der Waals surface area contributed by atoms with E-state index in [0.29, 0.717) is 10.9 Å². The number of fused-ring (bicyclic) bond motifs is 1. The van der Waals surface area contributed by atoms with Crippen molar-refractivity contribution in [3.63, 3.8) is 0 Å². The number of benzene rings is 2. The van der Waals surface area contributed by atoms with Crippen molar-refractivity contribution >= 4 is 26.7 Å². The lowest BCUT2D eigenvalue weighted by Crippen LogP contribution is -2.19. The highest BCUT2D eigenvalue weighted by Crippen LogP contribution is 2.17. The minimum atomic E-state index is -3.58. The lowest BCUT2D eigenvalue weighted by atomic mass is 10.2. The maximum Gasteiger partial charge on any atom is 0.307 e. The van der Waals surface area contributed by atoms with Gasteiger partial charge < -0.3 is 9.72 Å². The maximum atomic E-state index is 12.3. The van der Waals surface area contributed by atoms with E-state index in [4.69, 9.17) is 4.74 Å². The molecule has 1 aromatic heterocycles. The van der Waals surface area contributed by atoms with Crippen molar-refractivity contribution in [1.82, 2.24) is 9.97 Å². The van der Waals surface area contributed by atoms with E-state index in [9.17, 15) is 18.0 Å². The number of aryl methyl sites for hydroxylation is 1. The van der Waals surface area contributed by atoms with Crippen molar-refractivity contribution in [2.24, 2.45) is 0 Å². The second kappa shape index (κ2) is 7.93. The topological polar surface area (TPSA) is 106 Å². The molecule has 1 unspecified atom stereocenters. The Hall–Kier alpha value is -3.00. The van der Waals surface area contributed by atoms with E-state index in [0.717, 1.165) is 5.56 Å². The Morgan fingerprint density at radius 1 is 1.14 bits per heavy atom. The van der Waals surface area contributed by atoms with Crippen molar-refractivity contribution in [2.75, 3.05) is 5.75 Å². The molecule has 0 amide bonds.